The summed E-state index contributed by atoms with van der Waals surface area (Å²) in [6.07, 6.45) is 6.88. The van der Waals surface area contributed by atoms with Gasteiger partial charge < -0.3 is 21.3 Å². The predicted molar refractivity (Wildman–Crippen MR) is 107 cm³/mol. The maximum atomic E-state index is 12.6. The molecule has 6 nitrogen and oxygen atoms in total. The third-order valence-electron chi connectivity index (χ3n) is 6.15. The van der Waals surface area contributed by atoms with Gasteiger partial charge in [0.2, 0.25) is 5.91 Å². The summed E-state index contributed by atoms with van der Waals surface area (Å²) in [5.74, 6) is 0.284. The zero-order chi connectivity index (χ0) is 19.4. The quantitative estimate of drug-likeness (QED) is 0.742. The summed E-state index contributed by atoms with van der Waals surface area (Å²) in [4.78, 5) is 26.7. The number of nitrogens with zero attached hydrogens (tertiary/aromatic N) is 1. The van der Waals surface area contributed by atoms with Crippen LogP contribution in [0.2, 0.25) is 0 Å². The molecule has 0 radical (unpaired) electrons. The van der Waals surface area contributed by atoms with Crippen LogP contribution in [0.1, 0.15) is 50.5 Å². The smallest absolute Gasteiger partial charge is 0.319 e. The van der Waals surface area contributed by atoms with Crippen molar-refractivity contribution in [1.82, 2.24) is 10.2 Å². The Kier molecular flexibility index (Phi) is 6.37. The fraction of sp³-hybridized carbons (Fsp3) is 0.619. The lowest BCUT2D eigenvalue weighted by atomic mass is 9.81. The zero-order valence-corrected chi connectivity index (χ0v) is 16.4. The van der Waals surface area contributed by atoms with Crippen molar-refractivity contribution in [2.45, 2.75) is 70.0 Å². The van der Waals surface area contributed by atoms with E-state index in [2.05, 4.69) is 10.6 Å². The highest BCUT2D eigenvalue weighted by molar-refractivity contribution is 5.89. The van der Waals surface area contributed by atoms with Gasteiger partial charge in [0, 0.05) is 24.8 Å². The normalized spacial score (nSPS) is 23.8. The van der Waals surface area contributed by atoms with Crippen LogP contribution in [0.5, 0.6) is 0 Å². The Hall–Kier alpha value is -2.08. The van der Waals surface area contributed by atoms with Gasteiger partial charge in [-0.05, 0) is 75.5 Å². The van der Waals surface area contributed by atoms with Crippen molar-refractivity contribution in [3.05, 3.63) is 29.8 Å². The monoisotopic (exact) mass is 372 g/mol. The molecular weight excluding hydrogens is 340 g/mol. The van der Waals surface area contributed by atoms with Crippen LogP contribution in [-0.4, -0.2) is 42.0 Å². The van der Waals surface area contributed by atoms with Crippen molar-refractivity contribution >= 4 is 17.6 Å². The molecule has 2 aliphatic carbocycles. The van der Waals surface area contributed by atoms with Gasteiger partial charge in [-0.2, -0.15) is 0 Å². The van der Waals surface area contributed by atoms with Crippen molar-refractivity contribution in [1.29, 1.82) is 0 Å². The van der Waals surface area contributed by atoms with Crippen molar-refractivity contribution in [3.63, 3.8) is 0 Å². The number of anilines is 1. The first-order valence-electron chi connectivity index (χ1n) is 10.1. The molecule has 1 aromatic rings. The van der Waals surface area contributed by atoms with Gasteiger partial charge in [-0.1, -0.05) is 12.1 Å². The van der Waals surface area contributed by atoms with Gasteiger partial charge in [0.25, 0.3) is 0 Å². The van der Waals surface area contributed by atoms with Crippen molar-refractivity contribution in [3.8, 4) is 0 Å². The van der Waals surface area contributed by atoms with E-state index in [1.165, 1.54) is 6.42 Å². The first-order valence-corrected chi connectivity index (χ1v) is 10.1. The van der Waals surface area contributed by atoms with Crippen LogP contribution >= 0.6 is 0 Å². The minimum atomic E-state index is -0.419. The molecule has 2 aliphatic rings. The van der Waals surface area contributed by atoms with Crippen LogP contribution < -0.4 is 16.4 Å². The Bertz CT molecular complexity index is 666. The average molecular weight is 373 g/mol. The molecule has 3 amide bonds. The van der Waals surface area contributed by atoms with E-state index >= 15 is 0 Å². The van der Waals surface area contributed by atoms with Gasteiger partial charge in [0.05, 0.1) is 6.04 Å². The van der Waals surface area contributed by atoms with Gasteiger partial charge in [0.15, 0.2) is 0 Å². The van der Waals surface area contributed by atoms with Gasteiger partial charge in [-0.15, -0.1) is 0 Å². The fourth-order valence-corrected chi connectivity index (χ4v) is 4.09. The number of urea groups is 1. The van der Waals surface area contributed by atoms with Crippen molar-refractivity contribution in [2.24, 2.45) is 11.7 Å². The summed E-state index contributed by atoms with van der Waals surface area (Å²) in [6, 6.07) is 7.68. The lowest BCUT2D eigenvalue weighted by molar-refractivity contribution is -0.136. The van der Waals surface area contributed by atoms with Crippen LogP contribution in [-0.2, 0) is 4.79 Å². The Morgan fingerprint density at radius 3 is 2.44 bits per heavy atom. The van der Waals surface area contributed by atoms with E-state index in [1.807, 2.05) is 43.1 Å². The number of rotatable bonds is 5. The summed E-state index contributed by atoms with van der Waals surface area (Å²) in [5.41, 5.74) is 8.19. The molecule has 0 aromatic heterocycles. The van der Waals surface area contributed by atoms with Crippen LogP contribution in [0, 0.1) is 12.8 Å². The highest BCUT2D eigenvalue weighted by Gasteiger charge is 2.34. The standard InChI is InChI=1S/C21H32N4O2/c1-14-5-3-6-17(13-14)24-21(27)23-16-11-9-15(10-12-16)19(22)20(26)25(2)18-7-4-8-18/h3,5-6,13,15-16,18-19H,4,7-12,22H2,1-2H3,(H2,23,24,27)/t15?,16?,19-/m0/s1. The zero-order valence-electron chi connectivity index (χ0n) is 16.4. The SMILES string of the molecule is Cc1cccc(NC(=O)NC2CCC([C@H](N)C(=O)N(C)C3CCC3)CC2)c1. The van der Waals surface area contributed by atoms with Crippen LogP contribution in [0.25, 0.3) is 0 Å². The number of carbonyl (C=O) groups is 2. The number of nitrogens with two attached hydrogens (primary N) is 1. The highest BCUT2D eigenvalue weighted by Crippen LogP contribution is 2.29. The Labute approximate surface area is 161 Å². The molecule has 0 aliphatic heterocycles. The molecule has 0 bridgehead atoms. The molecule has 0 heterocycles. The fourth-order valence-electron chi connectivity index (χ4n) is 4.09. The van der Waals surface area contributed by atoms with E-state index in [1.54, 1.807) is 0 Å². The third kappa shape index (κ3) is 5.01. The summed E-state index contributed by atoms with van der Waals surface area (Å²) in [6.45, 7) is 2.00. The molecule has 0 saturated heterocycles. The molecule has 3 rings (SSSR count). The molecule has 27 heavy (non-hydrogen) atoms. The topological polar surface area (TPSA) is 87.5 Å². The lowest BCUT2D eigenvalue weighted by Gasteiger charge is -2.38. The van der Waals surface area contributed by atoms with Gasteiger partial charge in [-0.25, -0.2) is 4.79 Å². The van der Waals surface area contributed by atoms with Crippen LogP contribution in [0.15, 0.2) is 24.3 Å². The minimum absolute atomic E-state index is 0.0771. The second-order valence-corrected chi connectivity index (χ2v) is 8.14. The number of likely N-dealkylation sites (N-methyl/N-ethyl adjacent to an activating group) is 1. The van der Waals surface area contributed by atoms with Gasteiger partial charge in [0.1, 0.15) is 0 Å². The summed E-state index contributed by atoms with van der Waals surface area (Å²) in [7, 11) is 1.88. The highest BCUT2D eigenvalue weighted by atomic mass is 16.2. The molecule has 6 heteroatoms. The summed E-state index contributed by atoms with van der Waals surface area (Å²) in [5, 5.41) is 5.94. The molecule has 0 spiro atoms. The number of amides is 3. The maximum Gasteiger partial charge on any atom is 0.319 e. The number of carbonyl (C=O) groups excluding carboxylic acids is 2. The third-order valence-corrected chi connectivity index (χ3v) is 6.15. The van der Waals surface area contributed by atoms with E-state index in [-0.39, 0.29) is 23.9 Å². The summed E-state index contributed by atoms with van der Waals surface area (Å²) >= 11 is 0. The van der Waals surface area contributed by atoms with E-state index in [4.69, 9.17) is 5.73 Å². The number of aryl methyl sites for hydroxylation is 1. The number of hydrogen-bond donors (Lipinski definition) is 3. The molecule has 1 aromatic carbocycles. The Morgan fingerprint density at radius 2 is 1.85 bits per heavy atom. The number of hydrogen-bond acceptors (Lipinski definition) is 3. The first kappa shape index (κ1) is 19.7. The number of benzene rings is 1. The molecule has 0 unspecified atom stereocenters. The molecule has 2 saturated carbocycles. The van der Waals surface area contributed by atoms with E-state index in [0.717, 1.165) is 49.8 Å². The second-order valence-electron chi connectivity index (χ2n) is 8.14. The van der Waals surface area contributed by atoms with Crippen LogP contribution in [0.3, 0.4) is 0 Å². The average Bonchev–Trinajstić information content (AvgIpc) is 2.59. The predicted octanol–water partition coefficient (Wildman–Crippen LogP) is 3.01. The van der Waals surface area contributed by atoms with Crippen molar-refractivity contribution in [2.75, 3.05) is 12.4 Å². The van der Waals surface area contributed by atoms with E-state index < -0.39 is 6.04 Å². The van der Waals surface area contributed by atoms with Crippen LogP contribution in [0.4, 0.5) is 10.5 Å². The first-order chi connectivity index (χ1) is 12.9. The van der Waals surface area contributed by atoms with Gasteiger partial charge >= 0.3 is 6.03 Å². The van der Waals surface area contributed by atoms with E-state index in [0.29, 0.717) is 6.04 Å². The van der Waals surface area contributed by atoms with Gasteiger partial charge in [-0.3, -0.25) is 4.79 Å². The van der Waals surface area contributed by atoms with Crippen molar-refractivity contribution < 1.29 is 9.59 Å². The summed E-state index contributed by atoms with van der Waals surface area (Å²) < 4.78 is 0. The molecule has 1 atom stereocenters. The molecule has 2 fully saturated rings. The second kappa shape index (κ2) is 8.74. The van der Waals surface area contributed by atoms with E-state index in [9.17, 15) is 9.59 Å². The maximum absolute atomic E-state index is 12.6. The number of nitrogens with one attached hydrogen (secondary N) is 2. The Morgan fingerprint density at radius 1 is 1.15 bits per heavy atom. The largest absolute Gasteiger partial charge is 0.341 e. The minimum Gasteiger partial charge on any atom is -0.341 e. The Balaban J connectivity index is 1.42. The molecule has 148 valence electrons. The molecular formula is C21H32N4O2. The lowest BCUT2D eigenvalue weighted by Crippen LogP contribution is -2.52. The molecule has 4 N–H and O–H groups in total.